The van der Waals surface area contributed by atoms with E-state index in [1.165, 1.54) is 0 Å². The Bertz CT molecular complexity index is 494. The van der Waals surface area contributed by atoms with Crippen molar-refractivity contribution in [2.75, 3.05) is 0 Å². The van der Waals surface area contributed by atoms with Crippen molar-refractivity contribution < 1.29 is 9.21 Å². The number of amides is 2. The highest BCUT2D eigenvalue weighted by Gasteiger charge is 2.08. The van der Waals surface area contributed by atoms with Crippen LogP contribution in [0, 0.1) is 0 Å². The first-order valence-corrected chi connectivity index (χ1v) is 6.33. The molecule has 2 amide bonds. The molecule has 0 aliphatic carbocycles. The Balaban J connectivity index is 1.72. The summed E-state index contributed by atoms with van der Waals surface area (Å²) in [5, 5.41) is 5.73. The van der Waals surface area contributed by atoms with E-state index in [4.69, 9.17) is 4.42 Å². The van der Waals surface area contributed by atoms with Gasteiger partial charge in [0.15, 0.2) is 0 Å². The fourth-order valence-corrected chi connectivity index (χ4v) is 1.87. The third-order valence-electron chi connectivity index (χ3n) is 2.80. The lowest BCUT2D eigenvalue weighted by atomic mass is 10.1. The summed E-state index contributed by atoms with van der Waals surface area (Å²) in [6.45, 7) is 2.50. The largest absolute Gasteiger partial charge is 0.472 e. The summed E-state index contributed by atoms with van der Waals surface area (Å²) in [5.74, 6) is 0. The summed E-state index contributed by atoms with van der Waals surface area (Å²) in [6.07, 6.45) is 4.09. The molecule has 0 aliphatic rings. The van der Waals surface area contributed by atoms with Gasteiger partial charge in [0.2, 0.25) is 0 Å². The van der Waals surface area contributed by atoms with Crippen molar-refractivity contribution in [3.05, 3.63) is 60.1 Å². The van der Waals surface area contributed by atoms with E-state index in [-0.39, 0.29) is 12.1 Å². The van der Waals surface area contributed by atoms with Gasteiger partial charge in [-0.15, -0.1) is 0 Å². The van der Waals surface area contributed by atoms with Crippen molar-refractivity contribution in [2.45, 2.75) is 25.9 Å². The number of carbonyl (C=O) groups is 1. The number of nitrogens with one attached hydrogen (secondary N) is 2. The second kappa shape index (κ2) is 6.64. The van der Waals surface area contributed by atoms with Crippen molar-refractivity contribution in [1.82, 2.24) is 10.6 Å². The van der Waals surface area contributed by atoms with Crippen molar-refractivity contribution in [3.63, 3.8) is 0 Å². The maximum Gasteiger partial charge on any atom is 0.315 e. The first-order chi connectivity index (χ1) is 9.24. The molecule has 1 aromatic heterocycles. The van der Waals surface area contributed by atoms with Crippen LogP contribution < -0.4 is 10.6 Å². The molecule has 0 fully saturated rings. The molecule has 4 heteroatoms. The molecule has 1 heterocycles. The third kappa shape index (κ3) is 4.50. The Labute approximate surface area is 112 Å². The number of hydrogen-bond donors (Lipinski definition) is 2. The summed E-state index contributed by atoms with van der Waals surface area (Å²) in [5.41, 5.74) is 2.16. The molecule has 2 aromatic rings. The van der Waals surface area contributed by atoms with Crippen LogP contribution in [-0.4, -0.2) is 12.1 Å². The van der Waals surface area contributed by atoms with Gasteiger partial charge in [0.05, 0.1) is 12.5 Å². The lowest BCUT2D eigenvalue weighted by Crippen LogP contribution is -2.41. The van der Waals surface area contributed by atoms with Crippen LogP contribution >= 0.6 is 0 Å². The first kappa shape index (κ1) is 13.2. The molecule has 1 atom stereocenters. The van der Waals surface area contributed by atoms with Crippen LogP contribution in [0.15, 0.2) is 53.3 Å². The van der Waals surface area contributed by atoms with Crippen LogP contribution in [-0.2, 0) is 13.0 Å². The minimum atomic E-state index is -0.153. The molecule has 0 saturated heterocycles. The number of hydrogen-bond acceptors (Lipinski definition) is 2. The average molecular weight is 258 g/mol. The molecule has 0 aliphatic heterocycles. The van der Waals surface area contributed by atoms with E-state index in [1.54, 1.807) is 12.5 Å². The Morgan fingerprint density at radius 3 is 2.68 bits per heavy atom. The second-order valence-corrected chi connectivity index (χ2v) is 4.55. The lowest BCUT2D eigenvalue weighted by molar-refractivity contribution is 0.237. The monoisotopic (exact) mass is 258 g/mol. The Kier molecular flexibility index (Phi) is 4.61. The highest BCUT2D eigenvalue weighted by atomic mass is 16.3. The SMILES string of the molecule is C[C@@H](Cc1ccoc1)NC(=O)NCc1ccccc1. The molecular weight excluding hydrogens is 240 g/mol. The standard InChI is InChI=1S/C15H18N2O2/c1-12(9-14-7-8-19-11-14)17-15(18)16-10-13-5-3-2-4-6-13/h2-8,11-12H,9-10H2,1H3,(H2,16,17,18)/t12-/m0/s1. The van der Waals surface area contributed by atoms with Gasteiger partial charge in [-0.2, -0.15) is 0 Å². The Hall–Kier alpha value is -2.23. The fraction of sp³-hybridized carbons (Fsp3) is 0.267. The van der Waals surface area contributed by atoms with E-state index < -0.39 is 0 Å². The molecule has 0 radical (unpaired) electrons. The van der Waals surface area contributed by atoms with Crippen molar-refractivity contribution in [3.8, 4) is 0 Å². The minimum absolute atomic E-state index is 0.0633. The topological polar surface area (TPSA) is 54.3 Å². The van der Waals surface area contributed by atoms with Crippen LogP contribution in [0.4, 0.5) is 4.79 Å². The Morgan fingerprint density at radius 2 is 2.00 bits per heavy atom. The maximum atomic E-state index is 11.7. The smallest absolute Gasteiger partial charge is 0.315 e. The number of carbonyl (C=O) groups excluding carboxylic acids is 1. The van der Waals surface area contributed by atoms with Gasteiger partial charge in [-0.1, -0.05) is 30.3 Å². The normalized spacial score (nSPS) is 11.8. The zero-order chi connectivity index (χ0) is 13.5. The zero-order valence-corrected chi connectivity index (χ0v) is 10.9. The van der Waals surface area contributed by atoms with Crippen LogP contribution in [0.5, 0.6) is 0 Å². The molecule has 0 unspecified atom stereocenters. The molecule has 2 rings (SSSR count). The maximum absolute atomic E-state index is 11.7. The third-order valence-corrected chi connectivity index (χ3v) is 2.80. The summed E-state index contributed by atoms with van der Waals surface area (Å²) in [6, 6.07) is 11.6. The van der Waals surface area contributed by atoms with Gasteiger partial charge in [0, 0.05) is 12.6 Å². The van der Waals surface area contributed by atoms with Crippen molar-refractivity contribution in [1.29, 1.82) is 0 Å². The highest BCUT2D eigenvalue weighted by molar-refractivity contribution is 5.74. The zero-order valence-electron chi connectivity index (χ0n) is 10.9. The Morgan fingerprint density at radius 1 is 1.21 bits per heavy atom. The van der Waals surface area contributed by atoms with E-state index in [1.807, 2.05) is 43.3 Å². The second-order valence-electron chi connectivity index (χ2n) is 4.55. The van der Waals surface area contributed by atoms with Crippen molar-refractivity contribution in [2.24, 2.45) is 0 Å². The van der Waals surface area contributed by atoms with E-state index >= 15 is 0 Å². The van der Waals surface area contributed by atoms with Crippen LogP contribution in [0.25, 0.3) is 0 Å². The van der Waals surface area contributed by atoms with Gasteiger partial charge in [-0.3, -0.25) is 0 Å². The lowest BCUT2D eigenvalue weighted by Gasteiger charge is -2.13. The highest BCUT2D eigenvalue weighted by Crippen LogP contribution is 2.03. The molecule has 0 bridgehead atoms. The molecule has 0 saturated carbocycles. The molecular formula is C15H18N2O2. The van der Waals surface area contributed by atoms with Crippen LogP contribution in [0.3, 0.4) is 0 Å². The van der Waals surface area contributed by atoms with Gasteiger partial charge in [-0.25, -0.2) is 4.79 Å². The molecule has 19 heavy (non-hydrogen) atoms. The molecule has 2 N–H and O–H groups in total. The minimum Gasteiger partial charge on any atom is -0.472 e. The number of benzene rings is 1. The summed E-state index contributed by atoms with van der Waals surface area (Å²) in [4.78, 5) is 11.7. The average Bonchev–Trinajstić information content (AvgIpc) is 2.90. The van der Waals surface area contributed by atoms with E-state index in [9.17, 15) is 4.79 Å². The van der Waals surface area contributed by atoms with Gasteiger partial charge >= 0.3 is 6.03 Å². The van der Waals surface area contributed by atoms with Crippen LogP contribution in [0.2, 0.25) is 0 Å². The number of urea groups is 1. The van der Waals surface area contributed by atoms with E-state index in [0.29, 0.717) is 6.54 Å². The summed E-state index contributed by atoms with van der Waals surface area (Å²) >= 11 is 0. The van der Waals surface area contributed by atoms with Crippen molar-refractivity contribution >= 4 is 6.03 Å². The van der Waals surface area contributed by atoms with Gasteiger partial charge in [-0.05, 0) is 30.5 Å². The number of furan rings is 1. The van der Waals surface area contributed by atoms with Gasteiger partial charge in [0.1, 0.15) is 0 Å². The first-order valence-electron chi connectivity index (χ1n) is 6.33. The fourth-order valence-electron chi connectivity index (χ4n) is 1.87. The predicted molar refractivity (Wildman–Crippen MR) is 73.7 cm³/mol. The van der Waals surface area contributed by atoms with E-state index in [2.05, 4.69) is 10.6 Å². The van der Waals surface area contributed by atoms with Gasteiger partial charge < -0.3 is 15.1 Å². The van der Waals surface area contributed by atoms with E-state index in [0.717, 1.165) is 17.5 Å². The predicted octanol–water partition coefficient (Wildman–Crippen LogP) is 2.71. The van der Waals surface area contributed by atoms with Gasteiger partial charge in [0.25, 0.3) is 0 Å². The molecule has 4 nitrogen and oxygen atoms in total. The quantitative estimate of drug-likeness (QED) is 0.866. The number of rotatable bonds is 5. The van der Waals surface area contributed by atoms with Crippen LogP contribution in [0.1, 0.15) is 18.1 Å². The molecule has 100 valence electrons. The molecule has 1 aromatic carbocycles. The summed E-state index contributed by atoms with van der Waals surface area (Å²) in [7, 11) is 0. The summed E-state index contributed by atoms with van der Waals surface area (Å²) < 4.78 is 5.00. The molecule has 0 spiro atoms.